The van der Waals surface area contributed by atoms with Crippen molar-refractivity contribution in [2.24, 2.45) is 0 Å². The van der Waals surface area contributed by atoms with Crippen molar-refractivity contribution in [2.45, 2.75) is 0 Å². The standard InChI is InChI=1S/C17H17N3O2/c1-20(2)14-8-4-12(5-9-14)16-18-17(22-19-16)13-6-10-15(21-3)11-7-13/h4-11H,1-3H3. The fourth-order valence-electron chi connectivity index (χ4n) is 2.10. The number of hydrogen-bond donors (Lipinski definition) is 0. The second kappa shape index (κ2) is 5.89. The van der Waals surface area contributed by atoms with Gasteiger partial charge in [0.2, 0.25) is 5.82 Å². The quantitative estimate of drug-likeness (QED) is 0.737. The molecule has 3 rings (SSSR count). The lowest BCUT2D eigenvalue weighted by Gasteiger charge is -2.11. The molecular weight excluding hydrogens is 278 g/mol. The molecule has 0 N–H and O–H groups in total. The Bertz CT molecular complexity index is 746. The molecule has 0 aliphatic heterocycles. The lowest BCUT2D eigenvalue weighted by atomic mass is 10.2. The van der Waals surface area contributed by atoms with Gasteiger partial charge in [0.25, 0.3) is 5.89 Å². The van der Waals surface area contributed by atoms with Gasteiger partial charge in [0.05, 0.1) is 7.11 Å². The highest BCUT2D eigenvalue weighted by Gasteiger charge is 2.10. The number of benzene rings is 2. The number of nitrogens with zero attached hydrogens (tertiary/aromatic N) is 3. The molecule has 5 nitrogen and oxygen atoms in total. The zero-order valence-electron chi connectivity index (χ0n) is 12.8. The lowest BCUT2D eigenvalue weighted by molar-refractivity contribution is 0.414. The molecule has 1 heterocycles. The van der Waals surface area contributed by atoms with Crippen molar-refractivity contribution in [2.75, 3.05) is 26.1 Å². The Kier molecular flexibility index (Phi) is 3.78. The van der Waals surface area contributed by atoms with Crippen molar-refractivity contribution >= 4 is 5.69 Å². The zero-order valence-corrected chi connectivity index (χ0v) is 12.8. The molecule has 0 saturated carbocycles. The molecule has 0 amide bonds. The Morgan fingerprint density at radius 1 is 0.909 bits per heavy atom. The summed E-state index contributed by atoms with van der Waals surface area (Å²) in [5.74, 6) is 1.87. The Morgan fingerprint density at radius 2 is 1.55 bits per heavy atom. The van der Waals surface area contributed by atoms with E-state index in [1.807, 2.05) is 67.5 Å². The second-order valence-electron chi connectivity index (χ2n) is 5.09. The maximum Gasteiger partial charge on any atom is 0.258 e. The first-order valence-electron chi connectivity index (χ1n) is 6.93. The van der Waals surface area contributed by atoms with Crippen LogP contribution in [-0.2, 0) is 0 Å². The minimum Gasteiger partial charge on any atom is -0.497 e. The summed E-state index contributed by atoms with van der Waals surface area (Å²) in [7, 11) is 5.65. The average Bonchev–Trinajstić information content (AvgIpc) is 3.05. The molecule has 0 fully saturated rings. The molecule has 112 valence electrons. The molecular formula is C17H17N3O2. The predicted octanol–water partition coefficient (Wildman–Crippen LogP) is 3.48. The van der Waals surface area contributed by atoms with E-state index >= 15 is 0 Å². The van der Waals surface area contributed by atoms with E-state index in [0.29, 0.717) is 11.7 Å². The summed E-state index contributed by atoms with van der Waals surface area (Å²) in [5, 5.41) is 4.05. The minimum absolute atomic E-state index is 0.495. The van der Waals surface area contributed by atoms with Crippen molar-refractivity contribution in [1.82, 2.24) is 10.1 Å². The van der Waals surface area contributed by atoms with Crippen LogP contribution >= 0.6 is 0 Å². The topological polar surface area (TPSA) is 51.4 Å². The molecule has 0 aliphatic carbocycles. The molecule has 0 atom stereocenters. The van der Waals surface area contributed by atoms with E-state index in [0.717, 1.165) is 22.6 Å². The highest BCUT2D eigenvalue weighted by Crippen LogP contribution is 2.25. The third-order valence-electron chi connectivity index (χ3n) is 3.40. The van der Waals surface area contributed by atoms with Crippen LogP contribution in [0.2, 0.25) is 0 Å². The summed E-state index contributed by atoms with van der Waals surface area (Å²) >= 11 is 0. The Hall–Kier alpha value is -2.82. The normalized spacial score (nSPS) is 10.5. The molecule has 0 spiro atoms. The first-order valence-corrected chi connectivity index (χ1v) is 6.93. The van der Waals surface area contributed by atoms with Gasteiger partial charge in [0, 0.05) is 30.9 Å². The predicted molar refractivity (Wildman–Crippen MR) is 86.0 cm³/mol. The van der Waals surface area contributed by atoms with Crippen LogP contribution in [0.15, 0.2) is 53.1 Å². The summed E-state index contributed by atoms with van der Waals surface area (Å²) in [6, 6.07) is 15.5. The largest absolute Gasteiger partial charge is 0.497 e. The van der Waals surface area contributed by atoms with Crippen LogP contribution in [0.1, 0.15) is 0 Å². The first kappa shape index (κ1) is 14.1. The van der Waals surface area contributed by atoms with Crippen molar-refractivity contribution < 1.29 is 9.26 Å². The number of anilines is 1. The van der Waals surface area contributed by atoms with Crippen LogP contribution in [-0.4, -0.2) is 31.3 Å². The summed E-state index contributed by atoms with van der Waals surface area (Å²) in [6.07, 6.45) is 0. The number of methoxy groups -OCH3 is 1. The second-order valence-corrected chi connectivity index (χ2v) is 5.09. The van der Waals surface area contributed by atoms with Crippen LogP contribution in [0.3, 0.4) is 0 Å². The molecule has 1 aromatic heterocycles. The molecule has 0 aliphatic rings. The fourth-order valence-corrected chi connectivity index (χ4v) is 2.10. The van der Waals surface area contributed by atoms with Gasteiger partial charge in [-0.1, -0.05) is 5.16 Å². The molecule has 5 heteroatoms. The zero-order chi connectivity index (χ0) is 15.5. The van der Waals surface area contributed by atoms with Crippen LogP contribution in [0, 0.1) is 0 Å². The van der Waals surface area contributed by atoms with Gasteiger partial charge in [0.1, 0.15) is 5.75 Å². The van der Waals surface area contributed by atoms with E-state index in [9.17, 15) is 0 Å². The Balaban J connectivity index is 1.86. The van der Waals surface area contributed by atoms with Crippen LogP contribution < -0.4 is 9.64 Å². The molecule has 0 saturated heterocycles. The number of rotatable bonds is 4. The van der Waals surface area contributed by atoms with Gasteiger partial charge in [0.15, 0.2) is 0 Å². The van der Waals surface area contributed by atoms with Gasteiger partial charge in [-0.2, -0.15) is 4.98 Å². The molecule has 0 radical (unpaired) electrons. The SMILES string of the molecule is COc1ccc(-c2nc(-c3ccc(N(C)C)cc3)no2)cc1. The maximum atomic E-state index is 5.34. The average molecular weight is 295 g/mol. The van der Waals surface area contributed by atoms with Crippen molar-refractivity contribution in [3.63, 3.8) is 0 Å². The van der Waals surface area contributed by atoms with E-state index in [2.05, 4.69) is 10.1 Å². The molecule has 0 bridgehead atoms. The summed E-state index contributed by atoms with van der Waals surface area (Å²) in [5.41, 5.74) is 2.92. The molecule has 2 aromatic carbocycles. The highest BCUT2D eigenvalue weighted by molar-refractivity contribution is 5.62. The lowest BCUT2D eigenvalue weighted by Crippen LogP contribution is -2.07. The minimum atomic E-state index is 0.495. The van der Waals surface area contributed by atoms with E-state index in [4.69, 9.17) is 9.26 Å². The van der Waals surface area contributed by atoms with E-state index in [-0.39, 0.29) is 0 Å². The molecule has 3 aromatic rings. The van der Waals surface area contributed by atoms with Gasteiger partial charge < -0.3 is 14.2 Å². The van der Waals surface area contributed by atoms with E-state index in [1.165, 1.54) is 0 Å². The fraction of sp³-hybridized carbons (Fsp3) is 0.176. The van der Waals surface area contributed by atoms with Gasteiger partial charge in [-0.05, 0) is 48.5 Å². The smallest absolute Gasteiger partial charge is 0.258 e. The van der Waals surface area contributed by atoms with Crippen LogP contribution in [0.25, 0.3) is 22.8 Å². The summed E-state index contributed by atoms with van der Waals surface area (Å²) in [6.45, 7) is 0. The first-order chi connectivity index (χ1) is 10.7. The number of hydrogen-bond acceptors (Lipinski definition) is 5. The monoisotopic (exact) mass is 295 g/mol. The van der Waals surface area contributed by atoms with Gasteiger partial charge >= 0.3 is 0 Å². The third kappa shape index (κ3) is 2.79. The van der Waals surface area contributed by atoms with Crippen molar-refractivity contribution in [3.05, 3.63) is 48.5 Å². The van der Waals surface area contributed by atoms with Gasteiger partial charge in [-0.25, -0.2) is 0 Å². The number of aromatic nitrogens is 2. The summed E-state index contributed by atoms with van der Waals surface area (Å²) < 4.78 is 10.5. The van der Waals surface area contributed by atoms with Gasteiger partial charge in [-0.15, -0.1) is 0 Å². The van der Waals surface area contributed by atoms with Gasteiger partial charge in [-0.3, -0.25) is 0 Å². The van der Waals surface area contributed by atoms with Crippen LogP contribution in [0.4, 0.5) is 5.69 Å². The third-order valence-corrected chi connectivity index (χ3v) is 3.40. The highest BCUT2D eigenvalue weighted by atomic mass is 16.5. The number of ether oxygens (including phenoxy) is 1. The van der Waals surface area contributed by atoms with Crippen molar-refractivity contribution in [3.8, 4) is 28.6 Å². The Labute approximate surface area is 129 Å². The van der Waals surface area contributed by atoms with Crippen molar-refractivity contribution in [1.29, 1.82) is 0 Å². The van der Waals surface area contributed by atoms with E-state index < -0.39 is 0 Å². The van der Waals surface area contributed by atoms with Crippen LogP contribution in [0.5, 0.6) is 5.75 Å². The molecule has 22 heavy (non-hydrogen) atoms. The summed E-state index contributed by atoms with van der Waals surface area (Å²) in [4.78, 5) is 6.49. The Morgan fingerprint density at radius 3 is 2.14 bits per heavy atom. The molecule has 0 unspecified atom stereocenters. The maximum absolute atomic E-state index is 5.34. The van der Waals surface area contributed by atoms with E-state index in [1.54, 1.807) is 7.11 Å².